The quantitative estimate of drug-likeness (QED) is 0.419. The average molecular weight is 507 g/mol. The van der Waals surface area contributed by atoms with Crippen LogP contribution in [0.3, 0.4) is 0 Å². The van der Waals surface area contributed by atoms with Crippen LogP contribution < -0.4 is 15.4 Å². The zero-order valence-electron chi connectivity index (χ0n) is 18.6. The minimum Gasteiger partial charge on any atom is -0.497 e. The Bertz CT molecular complexity index is 1410. The third-order valence-corrected chi connectivity index (χ3v) is 5.87. The zero-order chi connectivity index (χ0) is 25.5. The third kappa shape index (κ3) is 4.85. The molecule has 9 nitrogen and oxygen atoms in total. The number of rotatable bonds is 5. The van der Waals surface area contributed by atoms with E-state index in [0.717, 1.165) is 10.9 Å². The maximum atomic E-state index is 13.7. The Kier molecular flexibility index (Phi) is 6.05. The van der Waals surface area contributed by atoms with Crippen molar-refractivity contribution in [3.63, 3.8) is 0 Å². The van der Waals surface area contributed by atoms with Gasteiger partial charge in [-0.05, 0) is 55.0 Å². The van der Waals surface area contributed by atoms with E-state index in [1.165, 1.54) is 48.4 Å². The minimum atomic E-state index is -4.73. The first-order chi connectivity index (χ1) is 16.4. The normalized spacial score (nSPS) is 14.7. The minimum absolute atomic E-state index is 0.00449. The van der Waals surface area contributed by atoms with E-state index < -0.39 is 27.8 Å². The fourth-order valence-electron chi connectivity index (χ4n) is 3.79. The molecule has 1 amide bonds. The largest absolute Gasteiger partial charge is 0.497 e. The second-order valence-electron chi connectivity index (χ2n) is 7.75. The molecule has 184 valence electrons. The van der Waals surface area contributed by atoms with Gasteiger partial charge in [0.25, 0.3) is 15.9 Å². The van der Waals surface area contributed by atoms with E-state index in [-0.39, 0.29) is 35.7 Å². The smallest absolute Gasteiger partial charge is 0.435 e. The van der Waals surface area contributed by atoms with Crippen molar-refractivity contribution in [3.8, 4) is 11.4 Å². The lowest BCUT2D eigenvalue weighted by atomic mass is 10.0. The first-order valence-corrected chi connectivity index (χ1v) is 12.0. The summed E-state index contributed by atoms with van der Waals surface area (Å²) in [4.78, 5) is 14.8. The summed E-state index contributed by atoms with van der Waals surface area (Å²) in [6.45, 7) is -0.00449. The van der Waals surface area contributed by atoms with Gasteiger partial charge in [0, 0.05) is 23.4 Å². The van der Waals surface area contributed by atoms with Gasteiger partial charge in [-0.15, -0.1) is 4.40 Å². The van der Waals surface area contributed by atoms with Crippen molar-refractivity contribution < 1.29 is 31.1 Å². The lowest BCUT2D eigenvalue weighted by Crippen LogP contribution is -2.39. The Hall–Kier alpha value is -3.87. The van der Waals surface area contributed by atoms with E-state index in [4.69, 9.17) is 10.5 Å². The zero-order valence-corrected chi connectivity index (χ0v) is 19.4. The van der Waals surface area contributed by atoms with Crippen LogP contribution in [0, 0.1) is 0 Å². The number of benzene rings is 2. The summed E-state index contributed by atoms with van der Waals surface area (Å²) in [5.41, 5.74) is 5.24. The maximum absolute atomic E-state index is 13.7. The molecule has 1 aliphatic rings. The van der Waals surface area contributed by atoms with E-state index in [0.29, 0.717) is 17.0 Å². The van der Waals surface area contributed by atoms with Crippen molar-refractivity contribution in [2.75, 3.05) is 24.8 Å². The van der Waals surface area contributed by atoms with Gasteiger partial charge in [0.05, 0.1) is 19.1 Å². The van der Waals surface area contributed by atoms with Crippen molar-refractivity contribution in [2.45, 2.75) is 12.6 Å². The summed E-state index contributed by atoms with van der Waals surface area (Å²) in [5.74, 6) is -0.383. The summed E-state index contributed by atoms with van der Waals surface area (Å²) in [7, 11) is -2.24. The molecule has 2 N–H and O–H groups in total. The number of halogens is 3. The molecule has 3 aromatic rings. The van der Waals surface area contributed by atoms with Crippen molar-refractivity contribution >= 4 is 27.5 Å². The van der Waals surface area contributed by atoms with Gasteiger partial charge in [-0.3, -0.25) is 4.79 Å². The van der Waals surface area contributed by atoms with Crippen LogP contribution in [0.5, 0.6) is 5.75 Å². The fourth-order valence-corrected chi connectivity index (χ4v) is 4.25. The van der Waals surface area contributed by atoms with Gasteiger partial charge in [0.15, 0.2) is 5.69 Å². The number of ether oxygens (including phenoxy) is 1. The monoisotopic (exact) mass is 507 g/mol. The molecule has 13 heteroatoms. The van der Waals surface area contributed by atoms with Crippen LogP contribution in [0.4, 0.5) is 18.9 Å². The van der Waals surface area contributed by atoms with Gasteiger partial charge >= 0.3 is 6.18 Å². The predicted molar refractivity (Wildman–Crippen MR) is 123 cm³/mol. The van der Waals surface area contributed by atoms with Crippen LogP contribution >= 0.6 is 0 Å². The number of nitrogens with two attached hydrogens (primary N) is 1. The summed E-state index contributed by atoms with van der Waals surface area (Å²) < 4.78 is 73.3. The highest BCUT2D eigenvalue weighted by atomic mass is 32.2. The summed E-state index contributed by atoms with van der Waals surface area (Å²) in [5, 5.41) is 3.75. The molecule has 4 rings (SSSR count). The SMILES string of the molecule is COc1ccc(-n2nc(C(F)(F)F)c3c2C(=O)N(c2ccc(/C(N)=N/S(C)(=O)=O)cc2)CC3)cc1. The number of amides is 1. The Morgan fingerprint density at radius 3 is 2.23 bits per heavy atom. The summed E-state index contributed by atoms with van der Waals surface area (Å²) >= 11 is 0. The van der Waals surface area contributed by atoms with Gasteiger partial charge in [-0.25, -0.2) is 13.1 Å². The van der Waals surface area contributed by atoms with Gasteiger partial charge < -0.3 is 15.4 Å². The van der Waals surface area contributed by atoms with Gasteiger partial charge in [-0.1, -0.05) is 0 Å². The van der Waals surface area contributed by atoms with Gasteiger partial charge in [0.1, 0.15) is 17.3 Å². The molecular weight excluding hydrogens is 487 g/mol. The van der Waals surface area contributed by atoms with Crippen LogP contribution in [-0.4, -0.2) is 49.9 Å². The molecule has 0 bridgehead atoms. The maximum Gasteiger partial charge on any atom is 0.435 e. The molecule has 2 aromatic carbocycles. The van der Waals surface area contributed by atoms with E-state index >= 15 is 0 Å². The highest BCUT2D eigenvalue weighted by Gasteiger charge is 2.43. The lowest BCUT2D eigenvalue weighted by molar-refractivity contribution is -0.141. The number of methoxy groups -OCH3 is 1. The fraction of sp³-hybridized carbons (Fsp3) is 0.227. The highest BCUT2D eigenvalue weighted by Crippen LogP contribution is 2.37. The van der Waals surface area contributed by atoms with Crippen molar-refractivity contribution in [2.24, 2.45) is 10.1 Å². The first-order valence-electron chi connectivity index (χ1n) is 10.2. The van der Waals surface area contributed by atoms with E-state index in [1.54, 1.807) is 12.1 Å². The number of carbonyl (C=O) groups is 1. The molecular formula is C22H20F3N5O4S. The highest BCUT2D eigenvalue weighted by molar-refractivity contribution is 7.89. The van der Waals surface area contributed by atoms with E-state index in [1.807, 2.05) is 0 Å². The number of sulfonamides is 1. The van der Waals surface area contributed by atoms with Crippen molar-refractivity contribution in [3.05, 3.63) is 71.0 Å². The molecule has 1 aliphatic heterocycles. The number of alkyl halides is 3. The molecule has 0 radical (unpaired) electrons. The molecule has 0 fully saturated rings. The summed E-state index contributed by atoms with van der Waals surface area (Å²) in [6, 6.07) is 12.1. The molecule has 0 atom stereocenters. The van der Waals surface area contributed by atoms with E-state index in [9.17, 15) is 26.4 Å². The predicted octanol–water partition coefficient (Wildman–Crippen LogP) is 2.77. The average Bonchev–Trinajstić information content (AvgIpc) is 3.20. The second-order valence-corrected chi connectivity index (χ2v) is 9.40. The number of hydrogen-bond acceptors (Lipinski definition) is 5. The second kappa shape index (κ2) is 8.73. The van der Waals surface area contributed by atoms with Crippen LogP contribution in [0.2, 0.25) is 0 Å². The first kappa shape index (κ1) is 24.3. The van der Waals surface area contributed by atoms with Gasteiger partial charge in [-0.2, -0.15) is 18.3 Å². The molecule has 0 spiro atoms. The molecule has 1 aromatic heterocycles. The Labute approximate surface area is 198 Å². The molecule has 2 heterocycles. The topological polar surface area (TPSA) is 120 Å². The van der Waals surface area contributed by atoms with Crippen molar-refractivity contribution in [1.29, 1.82) is 0 Å². The summed E-state index contributed by atoms with van der Waals surface area (Å²) in [6.07, 6.45) is -3.90. The number of hydrogen-bond donors (Lipinski definition) is 1. The van der Waals surface area contributed by atoms with Crippen LogP contribution in [0.1, 0.15) is 27.3 Å². The molecule has 0 unspecified atom stereocenters. The number of fused-ring (bicyclic) bond motifs is 1. The molecule has 0 aliphatic carbocycles. The Morgan fingerprint density at radius 1 is 1.09 bits per heavy atom. The number of anilines is 1. The number of carbonyl (C=O) groups excluding carboxylic acids is 1. The number of nitrogens with zero attached hydrogens (tertiary/aromatic N) is 4. The Balaban J connectivity index is 1.75. The molecule has 0 saturated heterocycles. The van der Waals surface area contributed by atoms with Crippen LogP contribution in [0.15, 0.2) is 52.9 Å². The Morgan fingerprint density at radius 2 is 1.69 bits per heavy atom. The standard InChI is InChI=1S/C22H20F3N5O4S/c1-34-16-9-7-15(8-10-16)30-18-17(19(27-30)22(23,24)25)11-12-29(21(18)31)14-5-3-13(4-6-14)20(26)28-35(2,32)33/h3-10H,11-12H2,1-2H3,(H2,26,28). The third-order valence-electron chi connectivity index (χ3n) is 5.34. The van der Waals surface area contributed by atoms with Gasteiger partial charge in [0.2, 0.25) is 0 Å². The van der Waals surface area contributed by atoms with E-state index in [2.05, 4.69) is 9.50 Å². The molecule has 0 saturated carbocycles. The van der Waals surface area contributed by atoms with Crippen LogP contribution in [0.25, 0.3) is 5.69 Å². The molecule has 35 heavy (non-hydrogen) atoms. The number of amidine groups is 1. The number of aromatic nitrogens is 2. The van der Waals surface area contributed by atoms with Crippen molar-refractivity contribution in [1.82, 2.24) is 9.78 Å². The van der Waals surface area contributed by atoms with Crippen LogP contribution in [-0.2, 0) is 22.6 Å². The lowest BCUT2D eigenvalue weighted by Gasteiger charge is -2.28.